The van der Waals surface area contributed by atoms with Crippen LogP contribution in [0.3, 0.4) is 0 Å². The van der Waals surface area contributed by atoms with Gasteiger partial charge in [-0.2, -0.15) is 0 Å². The monoisotopic (exact) mass is 244 g/mol. The van der Waals surface area contributed by atoms with Gasteiger partial charge < -0.3 is 15.3 Å². The van der Waals surface area contributed by atoms with E-state index < -0.39 is 23.0 Å². The zero-order chi connectivity index (χ0) is 13.3. The third-order valence-corrected chi connectivity index (χ3v) is 2.82. The van der Waals surface area contributed by atoms with Crippen LogP contribution in [-0.4, -0.2) is 21.1 Å². The first-order valence-corrected chi connectivity index (χ1v) is 5.34. The zero-order valence-electron chi connectivity index (χ0n) is 9.50. The Balaban J connectivity index is 2.35. The number of hydrogen-bond acceptors (Lipinski definition) is 4. The summed E-state index contributed by atoms with van der Waals surface area (Å²) in [4.78, 5) is 12.1. The molecule has 1 aromatic rings. The van der Waals surface area contributed by atoms with Crippen LogP contribution in [0.2, 0.25) is 0 Å². The van der Waals surface area contributed by atoms with E-state index in [1.54, 1.807) is 24.3 Å². The van der Waals surface area contributed by atoms with Gasteiger partial charge in [-0.25, -0.2) is 0 Å². The van der Waals surface area contributed by atoms with Crippen molar-refractivity contribution >= 4 is 5.78 Å². The molecular formula is C14H12O4. The second-order valence-electron chi connectivity index (χ2n) is 3.98. The number of rotatable bonds is 3. The van der Waals surface area contributed by atoms with Crippen molar-refractivity contribution in [2.45, 2.75) is 0 Å². The number of aromatic hydroxyl groups is 3. The number of Topliss-reactive ketones (excluding diaryl/α,β-unsaturated/α-hetero) is 1. The first-order valence-electron chi connectivity index (χ1n) is 5.34. The van der Waals surface area contributed by atoms with Crippen molar-refractivity contribution < 1.29 is 20.1 Å². The minimum absolute atomic E-state index is 0.0796. The standard InChI is InChI=1S/C14H12O4/c1-8(9-4-2-3-5-9)12(16)10-6-7-11(15)14(18)13(10)17/h2-7,9,15,17-18H,1H2. The van der Waals surface area contributed by atoms with Gasteiger partial charge in [0, 0.05) is 11.5 Å². The van der Waals surface area contributed by atoms with Gasteiger partial charge in [-0.3, -0.25) is 4.79 Å². The second kappa shape index (κ2) is 4.41. The van der Waals surface area contributed by atoms with Crippen LogP contribution >= 0.6 is 0 Å². The molecule has 92 valence electrons. The van der Waals surface area contributed by atoms with Gasteiger partial charge in [-0.1, -0.05) is 30.9 Å². The van der Waals surface area contributed by atoms with E-state index in [-0.39, 0.29) is 11.5 Å². The highest BCUT2D eigenvalue weighted by Crippen LogP contribution is 2.38. The number of allylic oxidation sites excluding steroid dienone is 5. The van der Waals surface area contributed by atoms with E-state index in [1.165, 1.54) is 6.07 Å². The van der Waals surface area contributed by atoms with Crippen molar-refractivity contribution in [3.05, 3.63) is 54.2 Å². The van der Waals surface area contributed by atoms with E-state index >= 15 is 0 Å². The summed E-state index contributed by atoms with van der Waals surface area (Å²) < 4.78 is 0. The first-order chi connectivity index (χ1) is 8.52. The third kappa shape index (κ3) is 1.88. The smallest absolute Gasteiger partial charge is 0.201 e. The summed E-state index contributed by atoms with van der Waals surface area (Å²) in [5.41, 5.74) is 0.212. The predicted octanol–water partition coefficient (Wildman–Crippen LogP) is 2.28. The van der Waals surface area contributed by atoms with Crippen LogP contribution in [0.15, 0.2) is 48.6 Å². The molecule has 0 aromatic heterocycles. The van der Waals surface area contributed by atoms with Crippen molar-refractivity contribution in [1.29, 1.82) is 0 Å². The number of carbonyl (C=O) groups excluding carboxylic acids is 1. The summed E-state index contributed by atoms with van der Waals surface area (Å²) in [6, 6.07) is 2.40. The van der Waals surface area contributed by atoms with Crippen molar-refractivity contribution in [3.63, 3.8) is 0 Å². The number of benzene rings is 1. The van der Waals surface area contributed by atoms with E-state index in [1.807, 2.05) is 0 Å². The molecule has 4 heteroatoms. The average Bonchev–Trinajstić information content (AvgIpc) is 2.88. The molecule has 0 radical (unpaired) electrons. The second-order valence-corrected chi connectivity index (χ2v) is 3.98. The molecule has 0 heterocycles. The number of phenolic OH excluding ortho intramolecular Hbond substituents is 3. The fourth-order valence-electron chi connectivity index (χ4n) is 1.74. The fraction of sp³-hybridized carbons (Fsp3) is 0.0714. The molecule has 1 aliphatic carbocycles. The van der Waals surface area contributed by atoms with Crippen LogP contribution in [0, 0.1) is 5.92 Å². The SMILES string of the molecule is C=C(C(=O)c1ccc(O)c(O)c1O)C1C=CC=C1. The molecule has 0 saturated heterocycles. The van der Waals surface area contributed by atoms with Crippen LogP contribution in [-0.2, 0) is 0 Å². The fourth-order valence-corrected chi connectivity index (χ4v) is 1.74. The number of hydrogen-bond donors (Lipinski definition) is 3. The van der Waals surface area contributed by atoms with E-state index in [9.17, 15) is 20.1 Å². The minimum Gasteiger partial charge on any atom is -0.504 e. The lowest BCUT2D eigenvalue weighted by Gasteiger charge is -2.11. The Morgan fingerprint density at radius 3 is 2.28 bits per heavy atom. The maximum absolute atomic E-state index is 12.1. The average molecular weight is 244 g/mol. The Labute approximate surface area is 104 Å². The van der Waals surface area contributed by atoms with Crippen molar-refractivity contribution in [2.24, 2.45) is 5.92 Å². The number of carbonyl (C=O) groups is 1. The third-order valence-electron chi connectivity index (χ3n) is 2.82. The Kier molecular flexibility index (Phi) is 2.93. The summed E-state index contributed by atoms with van der Waals surface area (Å²) in [5, 5.41) is 28.2. The van der Waals surface area contributed by atoms with E-state index in [2.05, 4.69) is 6.58 Å². The molecule has 0 fully saturated rings. The highest BCUT2D eigenvalue weighted by molar-refractivity contribution is 6.11. The molecular weight excluding hydrogens is 232 g/mol. The maximum Gasteiger partial charge on any atom is 0.201 e. The molecule has 0 saturated carbocycles. The highest BCUT2D eigenvalue weighted by atomic mass is 16.3. The van der Waals surface area contributed by atoms with Crippen molar-refractivity contribution in [2.75, 3.05) is 0 Å². The molecule has 3 N–H and O–H groups in total. The highest BCUT2D eigenvalue weighted by Gasteiger charge is 2.22. The summed E-state index contributed by atoms with van der Waals surface area (Å²) in [5.74, 6) is -2.48. The summed E-state index contributed by atoms with van der Waals surface area (Å²) in [6.07, 6.45) is 7.21. The van der Waals surface area contributed by atoms with Crippen molar-refractivity contribution in [3.8, 4) is 17.2 Å². The molecule has 0 aliphatic heterocycles. The summed E-state index contributed by atoms with van der Waals surface area (Å²) in [7, 11) is 0. The summed E-state index contributed by atoms with van der Waals surface area (Å²) in [6.45, 7) is 3.70. The minimum atomic E-state index is -0.703. The predicted molar refractivity (Wildman–Crippen MR) is 66.7 cm³/mol. The first kappa shape index (κ1) is 12.0. The van der Waals surface area contributed by atoms with E-state index in [4.69, 9.17) is 0 Å². The Hall–Kier alpha value is -2.49. The molecule has 1 aliphatic rings. The van der Waals surface area contributed by atoms with Gasteiger partial charge in [-0.05, 0) is 12.1 Å². The van der Waals surface area contributed by atoms with Gasteiger partial charge in [0.05, 0.1) is 5.56 Å². The van der Waals surface area contributed by atoms with E-state index in [0.717, 1.165) is 6.07 Å². The van der Waals surface area contributed by atoms with Crippen LogP contribution in [0.25, 0.3) is 0 Å². The molecule has 0 bridgehead atoms. The zero-order valence-corrected chi connectivity index (χ0v) is 9.50. The Bertz CT molecular complexity index is 570. The van der Waals surface area contributed by atoms with Crippen LogP contribution < -0.4 is 0 Å². The van der Waals surface area contributed by atoms with Crippen LogP contribution in [0.4, 0.5) is 0 Å². The Morgan fingerprint density at radius 2 is 1.67 bits per heavy atom. The van der Waals surface area contributed by atoms with Gasteiger partial charge in [0.25, 0.3) is 0 Å². The number of phenols is 3. The largest absolute Gasteiger partial charge is 0.504 e. The van der Waals surface area contributed by atoms with Gasteiger partial charge in [0.15, 0.2) is 17.3 Å². The lowest BCUT2D eigenvalue weighted by molar-refractivity contribution is 0.102. The van der Waals surface area contributed by atoms with Crippen molar-refractivity contribution in [1.82, 2.24) is 0 Å². The molecule has 2 rings (SSSR count). The van der Waals surface area contributed by atoms with Gasteiger partial charge >= 0.3 is 0 Å². The van der Waals surface area contributed by atoms with Gasteiger partial charge in [-0.15, -0.1) is 0 Å². The molecule has 18 heavy (non-hydrogen) atoms. The summed E-state index contributed by atoms with van der Waals surface area (Å²) >= 11 is 0. The van der Waals surface area contributed by atoms with E-state index in [0.29, 0.717) is 5.57 Å². The Morgan fingerprint density at radius 1 is 1.06 bits per heavy atom. The van der Waals surface area contributed by atoms with Gasteiger partial charge in [0.2, 0.25) is 5.75 Å². The topological polar surface area (TPSA) is 77.8 Å². The maximum atomic E-state index is 12.1. The normalized spacial score (nSPS) is 14.0. The molecule has 0 atom stereocenters. The quantitative estimate of drug-likeness (QED) is 0.433. The lowest BCUT2D eigenvalue weighted by Crippen LogP contribution is -2.08. The van der Waals surface area contributed by atoms with Gasteiger partial charge in [0.1, 0.15) is 0 Å². The lowest BCUT2D eigenvalue weighted by atomic mass is 9.93. The molecule has 0 amide bonds. The van der Waals surface area contributed by atoms with Crippen LogP contribution in [0.5, 0.6) is 17.2 Å². The molecule has 4 nitrogen and oxygen atoms in total. The molecule has 0 spiro atoms. The molecule has 1 aromatic carbocycles. The molecule has 0 unspecified atom stereocenters. The number of ketones is 1. The van der Waals surface area contributed by atoms with Crippen LogP contribution in [0.1, 0.15) is 10.4 Å².